The minimum atomic E-state index is -0.643. The van der Waals surface area contributed by atoms with Crippen molar-refractivity contribution in [3.8, 4) is 0 Å². The highest BCUT2D eigenvalue weighted by Gasteiger charge is 2.30. The number of carbonyl (C=O) groups excluding carboxylic acids is 4. The van der Waals surface area contributed by atoms with Gasteiger partial charge in [-0.3, -0.25) is 19.3 Å². The Balaban J connectivity index is 1.40. The molecular formula is C22H22N2O5. The van der Waals surface area contributed by atoms with E-state index in [9.17, 15) is 19.2 Å². The second kappa shape index (κ2) is 9.64. The molecule has 0 atom stereocenters. The van der Waals surface area contributed by atoms with Gasteiger partial charge in [-0.15, -0.1) is 0 Å². The molecule has 29 heavy (non-hydrogen) atoms. The van der Waals surface area contributed by atoms with Crippen LogP contribution in [0.2, 0.25) is 0 Å². The molecule has 3 amide bonds. The molecule has 1 aliphatic heterocycles. The first kappa shape index (κ1) is 20.3. The van der Waals surface area contributed by atoms with Crippen molar-refractivity contribution in [1.29, 1.82) is 0 Å². The van der Waals surface area contributed by atoms with E-state index in [-0.39, 0.29) is 42.7 Å². The zero-order valence-electron chi connectivity index (χ0n) is 15.9. The van der Waals surface area contributed by atoms with Crippen LogP contribution in [0.4, 0.5) is 5.69 Å². The van der Waals surface area contributed by atoms with E-state index in [1.54, 1.807) is 0 Å². The molecule has 2 aromatic carbocycles. The van der Waals surface area contributed by atoms with E-state index in [2.05, 4.69) is 5.32 Å². The Kier molecular flexibility index (Phi) is 6.73. The van der Waals surface area contributed by atoms with Crippen molar-refractivity contribution in [2.45, 2.75) is 25.7 Å². The second-order valence-corrected chi connectivity index (χ2v) is 6.68. The number of hydrogen-bond acceptors (Lipinski definition) is 5. The lowest BCUT2D eigenvalue weighted by Crippen LogP contribution is -2.30. The average molecular weight is 394 g/mol. The monoisotopic (exact) mass is 394 g/mol. The molecule has 1 saturated heterocycles. The molecule has 0 bridgehead atoms. The molecule has 0 aromatic heterocycles. The van der Waals surface area contributed by atoms with Crippen LogP contribution < -0.4 is 10.2 Å². The molecule has 3 rings (SSSR count). The normalized spacial score (nSPS) is 13.4. The van der Waals surface area contributed by atoms with Crippen LogP contribution in [0, 0.1) is 0 Å². The number of rotatable bonds is 8. The third kappa shape index (κ3) is 5.51. The first-order valence-corrected chi connectivity index (χ1v) is 9.48. The van der Waals surface area contributed by atoms with Gasteiger partial charge in [-0.25, -0.2) is 4.79 Å². The van der Waals surface area contributed by atoms with Crippen molar-refractivity contribution in [1.82, 2.24) is 5.32 Å². The molecule has 7 heteroatoms. The summed E-state index contributed by atoms with van der Waals surface area (Å²) in [6.45, 7) is 0.132. The number of benzene rings is 2. The summed E-state index contributed by atoms with van der Waals surface area (Å²) in [6, 6.07) is 15.9. The molecular weight excluding hydrogens is 372 g/mol. The van der Waals surface area contributed by atoms with Gasteiger partial charge >= 0.3 is 5.97 Å². The second-order valence-electron chi connectivity index (χ2n) is 6.68. The fraction of sp³-hybridized carbons (Fsp3) is 0.273. The maximum atomic E-state index is 12.1. The number of nitrogens with zero attached hydrogens (tertiary/aromatic N) is 1. The van der Waals surface area contributed by atoms with Crippen LogP contribution in [-0.4, -0.2) is 36.8 Å². The van der Waals surface area contributed by atoms with Crippen LogP contribution >= 0.6 is 0 Å². The Morgan fingerprint density at radius 1 is 0.931 bits per heavy atom. The molecule has 0 spiro atoms. The minimum Gasteiger partial charge on any atom is -0.452 e. The minimum absolute atomic E-state index is 0.198. The molecule has 2 aromatic rings. The number of imide groups is 1. The highest BCUT2D eigenvalue weighted by atomic mass is 16.5. The molecule has 1 heterocycles. The van der Waals surface area contributed by atoms with Gasteiger partial charge in [0.25, 0.3) is 5.91 Å². The summed E-state index contributed by atoms with van der Waals surface area (Å²) in [4.78, 5) is 48.5. The van der Waals surface area contributed by atoms with Crippen LogP contribution in [0.1, 0.15) is 35.2 Å². The fourth-order valence-electron chi connectivity index (χ4n) is 3.04. The summed E-state index contributed by atoms with van der Waals surface area (Å²) in [6.07, 6.45) is 2.04. The van der Waals surface area contributed by atoms with Crippen LogP contribution in [0.15, 0.2) is 54.6 Å². The Bertz CT molecular complexity index is 877. The molecule has 7 nitrogen and oxygen atoms in total. The van der Waals surface area contributed by atoms with Crippen LogP contribution in [0.25, 0.3) is 0 Å². The van der Waals surface area contributed by atoms with E-state index in [1.165, 1.54) is 29.8 Å². The van der Waals surface area contributed by atoms with Crippen molar-refractivity contribution in [3.05, 3.63) is 65.7 Å². The molecule has 0 aliphatic carbocycles. The number of amides is 3. The summed E-state index contributed by atoms with van der Waals surface area (Å²) in [5, 5.41) is 2.72. The number of hydrogen-bond donors (Lipinski definition) is 1. The first-order valence-electron chi connectivity index (χ1n) is 9.48. The van der Waals surface area contributed by atoms with Gasteiger partial charge in [-0.2, -0.15) is 0 Å². The standard InChI is InChI=1S/C22H22N2O5/c25-19(23-14-4-7-16-5-2-1-3-6-16)15-29-22(28)17-8-10-18(11-9-17)24-20(26)12-13-21(24)27/h1-3,5-6,8-11H,4,7,12-15H2,(H,23,25). The molecule has 0 saturated carbocycles. The van der Waals surface area contributed by atoms with Crippen LogP contribution in [0.5, 0.6) is 0 Å². The summed E-state index contributed by atoms with van der Waals surface area (Å²) >= 11 is 0. The van der Waals surface area contributed by atoms with E-state index in [0.29, 0.717) is 12.2 Å². The van der Waals surface area contributed by atoms with Crippen molar-refractivity contribution < 1.29 is 23.9 Å². The SMILES string of the molecule is O=C(COC(=O)c1ccc(N2C(=O)CCC2=O)cc1)NCCCc1ccccc1. The Morgan fingerprint density at radius 3 is 2.24 bits per heavy atom. The van der Waals surface area contributed by atoms with Gasteiger partial charge in [-0.05, 0) is 42.7 Å². The maximum absolute atomic E-state index is 12.1. The van der Waals surface area contributed by atoms with E-state index in [4.69, 9.17) is 4.74 Å². The molecule has 0 radical (unpaired) electrons. The molecule has 1 fully saturated rings. The summed E-state index contributed by atoms with van der Waals surface area (Å²) in [5.41, 5.74) is 1.86. The molecule has 150 valence electrons. The predicted octanol–water partition coefficient (Wildman–Crippen LogP) is 2.25. The Labute approximate surface area is 168 Å². The number of carbonyl (C=O) groups is 4. The summed E-state index contributed by atoms with van der Waals surface area (Å²) < 4.78 is 5.01. The van der Waals surface area contributed by atoms with Crippen LogP contribution in [-0.2, 0) is 25.5 Å². The lowest BCUT2D eigenvalue weighted by molar-refractivity contribution is -0.124. The van der Waals surface area contributed by atoms with Gasteiger partial charge in [0, 0.05) is 19.4 Å². The smallest absolute Gasteiger partial charge is 0.338 e. The van der Waals surface area contributed by atoms with Gasteiger partial charge in [0.05, 0.1) is 11.3 Å². The van der Waals surface area contributed by atoms with Gasteiger partial charge in [-0.1, -0.05) is 30.3 Å². The molecule has 1 aliphatic rings. The highest BCUT2D eigenvalue weighted by molar-refractivity contribution is 6.19. The van der Waals surface area contributed by atoms with Gasteiger partial charge in [0.15, 0.2) is 6.61 Å². The maximum Gasteiger partial charge on any atom is 0.338 e. The number of aryl methyl sites for hydroxylation is 1. The fourth-order valence-corrected chi connectivity index (χ4v) is 3.04. The zero-order chi connectivity index (χ0) is 20.6. The zero-order valence-corrected chi connectivity index (χ0v) is 15.9. The molecule has 1 N–H and O–H groups in total. The van der Waals surface area contributed by atoms with Crippen molar-refractivity contribution >= 4 is 29.4 Å². The van der Waals surface area contributed by atoms with E-state index < -0.39 is 5.97 Å². The summed E-state index contributed by atoms with van der Waals surface area (Å²) in [5.74, 6) is -1.52. The topological polar surface area (TPSA) is 92.8 Å². The third-order valence-corrected chi connectivity index (χ3v) is 4.55. The Morgan fingerprint density at radius 2 is 1.59 bits per heavy atom. The average Bonchev–Trinajstić information content (AvgIpc) is 3.08. The van der Waals surface area contributed by atoms with E-state index in [1.807, 2.05) is 30.3 Å². The van der Waals surface area contributed by atoms with E-state index >= 15 is 0 Å². The number of nitrogens with one attached hydrogen (secondary N) is 1. The van der Waals surface area contributed by atoms with Crippen molar-refractivity contribution in [2.24, 2.45) is 0 Å². The van der Waals surface area contributed by atoms with Gasteiger partial charge in [0.1, 0.15) is 0 Å². The van der Waals surface area contributed by atoms with Gasteiger partial charge < -0.3 is 10.1 Å². The lowest BCUT2D eigenvalue weighted by Gasteiger charge is -2.14. The lowest BCUT2D eigenvalue weighted by atomic mass is 10.1. The number of anilines is 1. The van der Waals surface area contributed by atoms with E-state index in [0.717, 1.165) is 17.7 Å². The van der Waals surface area contributed by atoms with Gasteiger partial charge in [0.2, 0.25) is 11.8 Å². The summed E-state index contributed by atoms with van der Waals surface area (Å²) in [7, 11) is 0. The van der Waals surface area contributed by atoms with Crippen LogP contribution in [0.3, 0.4) is 0 Å². The molecule has 0 unspecified atom stereocenters. The van der Waals surface area contributed by atoms with Crippen molar-refractivity contribution in [3.63, 3.8) is 0 Å². The van der Waals surface area contributed by atoms with Crippen molar-refractivity contribution in [2.75, 3.05) is 18.1 Å². The first-order chi connectivity index (χ1) is 14.0. The number of ether oxygens (including phenoxy) is 1. The quantitative estimate of drug-likeness (QED) is 0.421. The predicted molar refractivity (Wildman–Crippen MR) is 106 cm³/mol. The number of esters is 1. The Hall–Kier alpha value is -3.48. The third-order valence-electron chi connectivity index (χ3n) is 4.55. The largest absolute Gasteiger partial charge is 0.452 e. The highest BCUT2D eigenvalue weighted by Crippen LogP contribution is 2.22.